The summed E-state index contributed by atoms with van der Waals surface area (Å²) in [6, 6.07) is 6.29. The third-order valence-electron chi connectivity index (χ3n) is 6.23. The van der Waals surface area contributed by atoms with Crippen LogP contribution in [-0.2, 0) is 16.1 Å². The topological polar surface area (TPSA) is 81.2 Å². The van der Waals surface area contributed by atoms with Gasteiger partial charge in [0.1, 0.15) is 11.5 Å². The third kappa shape index (κ3) is 6.77. The first kappa shape index (κ1) is 23.2. The van der Waals surface area contributed by atoms with Crippen LogP contribution in [0.2, 0.25) is 0 Å². The second-order valence-electron chi connectivity index (χ2n) is 8.37. The normalized spacial score (nSPS) is 22.1. The van der Waals surface area contributed by atoms with Crippen LogP contribution in [0.3, 0.4) is 0 Å². The van der Waals surface area contributed by atoms with Crippen molar-refractivity contribution in [2.24, 2.45) is 10.9 Å². The van der Waals surface area contributed by atoms with Crippen LogP contribution in [0.5, 0.6) is 11.5 Å². The minimum atomic E-state index is -0.0576. The molecule has 0 aromatic heterocycles. The summed E-state index contributed by atoms with van der Waals surface area (Å²) in [6.07, 6.45) is 8.55. The fourth-order valence-electron chi connectivity index (χ4n) is 4.40. The van der Waals surface area contributed by atoms with Crippen LogP contribution in [0.1, 0.15) is 63.9 Å². The smallest absolute Gasteiger partial charge is 0.308 e. The average Bonchev–Trinajstić information content (AvgIpc) is 3.31. The predicted octanol–water partition coefficient (Wildman–Crippen LogP) is 3.80. The standard InChI is InChI=1S/C24H37N3O4/c1-4-30-23(28)17-9-12-19(13-10-17)27-24(25-2)26-16-18-11-14-21(29-3)15-22(18)31-20-7-5-6-8-20/h11,14-15,17,19-20H,4-10,12-13,16H2,1-3H3,(H2,25,26,27). The molecule has 3 rings (SSSR count). The molecule has 2 fully saturated rings. The highest BCUT2D eigenvalue weighted by molar-refractivity contribution is 5.80. The van der Waals surface area contributed by atoms with E-state index in [1.54, 1.807) is 14.2 Å². The van der Waals surface area contributed by atoms with Crippen LogP contribution in [0.15, 0.2) is 23.2 Å². The van der Waals surface area contributed by atoms with E-state index in [4.69, 9.17) is 14.2 Å². The van der Waals surface area contributed by atoms with E-state index in [2.05, 4.69) is 15.6 Å². The third-order valence-corrected chi connectivity index (χ3v) is 6.23. The molecule has 2 aliphatic carbocycles. The maximum Gasteiger partial charge on any atom is 0.308 e. The Morgan fingerprint density at radius 3 is 2.52 bits per heavy atom. The minimum Gasteiger partial charge on any atom is -0.497 e. The van der Waals surface area contributed by atoms with Crippen molar-refractivity contribution in [3.05, 3.63) is 23.8 Å². The van der Waals surface area contributed by atoms with E-state index < -0.39 is 0 Å². The molecule has 0 radical (unpaired) electrons. The van der Waals surface area contributed by atoms with Crippen molar-refractivity contribution in [3.8, 4) is 11.5 Å². The Bertz CT molecular complexity index is 738. The molecule has 0 aliphatic heterocycles. The van der Waals surface area contributed by atoms with E-state index in [0.717, 1.165) is 61.5 Å². The monoisotopic (exact) mass is 431 g/mol. The van der Waals surface area contributed by atoms with Gasteiger partial charge in [0, 0.05) is 31.3 Å². The van der Waals surface area contributed by atoms with Gasteiger partial charge in [0.05, 0.1) is 25.7 Å². The molecule has 2 N–H and O–H groups in total. The van der Waals surface area contributed by atoms with Gasteiger partial charge in [-0.3, -0.25) is 9.79 Å². The zero-order chi connectivity index (χ0) is 22.1. The highest BCUT2D eigenvalue weighted by atomic mass is 16.5. The maximum absolute atomic E-state index is 11.9. The maximum atomic E-state index is 11.9. The van der Waals surface area contributed by atoms with E-state index in [-0.39, 0.29) is 18.0 Å². The summed E-state index contributed by atoms with van der Waals surface area (Å²) >= 11 is 0. The quantitative estimate of drug-likeness (QED) is 0.370. The van der Waals surface area contributed by atoms with Crippen molar-refractivity contribution in [1.82, 2.24) is 10.6 Å². The molecule has 2 saturated carbocycles. The lowest BCUT2D eigenvalue weighted by molar-refractivity contribution is -0.149. The number of guanidine groups is 1. The van der Waals surface area contributed by atoms with Crippen LogP contribution >= 0.6 is 0 Å². The van der Waals surface area contributed by atoms with E-state index in [1.807, 2.05) is 25.1 Å². The fourth-order valence-corrected chi connectivity index (χ4v) is 4.40. The predicted molar refractivity (Wildman–Crippen MR) is 122 cm³/mol. The van der Waals surface area contributed by atoms with Gasteiger partial charge >= 0.3 is 5.97 Å². The summed E-state index contributed by atoms with van der Waals surface area (Å²) < 4.78 is 16.9. The molecule has 0 unspecified atom stereocenters. The molecule has 0 saturated heterocycles. The molecule has 7 heteroatoms. The second kappa shape index (κ2) is 11.8. The van der Waals surface area contributed by atoms with Crippen molar-refractivity contribution in [1.29, 1.82) is 0 Å². The number of carbonyl (C=O) groups excluding carboxylic acids is 1. The lowest BCUT2D eigenvalue weighted by Gasteiger charge is -2.29. The van der Waals surface area contributed by atoms with E-state index in [0.29, 0.717) is 19.2 Å². The largest absolute Gasteiger partial charge is 0.497 e. The van der Waals surface area contributed by atoms with Gasteiger partial charge in [-0.25, -0.2) is 0 Å². The number of nitrogens with one attached hydrogen (secondary N) is 2. The highest BCUT2D eigenvalue weighted by Gasteiger charge is 2.27. The molecule has 0 amide bonds. The van der Waals surface area contributed by atoms with Gasteiger partial charge in [0.15, 0.2) is 5.96 Å². The van der Waals surface area contributed by atoms with Crippen molar-refractivity contribution < 1.29 is 19.0 Å². The van der Waals surface area contributed by atoms with Crippen molar-refractivity contribution in [2.45, 2.75) is 77.0 Å². The number of hydrogen-bond acceptors (Lipinski definition) is 5. The van der Waals surface area contributed by atoms with Gasteiger partial charge in [-0.2, -0.15) is 0 Å². The fraction of sp³-hybridized carbons (Fsp3) is 0.667. The van der Waals surface area contributed by atoms with Gasteiger partial charge in [-0.1, -0.05) is 0 Å². The number of ether oxygens (including phenoxy) is 3. The first-order chi connectivity index (χ1) is 15.1. The van der Waals surface area contributed by atoms with Crippen molar-refractivity contribution >= 4 is 11.9 Å². The summed E-state index contributed by atoms with van der Waals surface area (Å²) in [4.78, 5) is 16.3. The Morgan fingerprint density at radius 2 is 1.87 bits per heavy atom. The van der Waals surface area contributed by atoms with Gasteiger partial charge in [0.25, 0.3) is 0 Å². The number of methoxy groups -OCH3 is 1. The van der Waals surface area contributed by atoms with Gasteiger partial charge in [-0.15, -0.1) is 0 Å². The number of aliphatic imine (C=N–C) groups is 1. The van der Waals surface area contributed by atoms with Crippen LogP contribution < -0.4 is 20.1 Å². The first-order valence-corrected chi connectivity index (χ1v) is 11.6. The zero-order valence-electron chi connectivity index (χ0n) is 19.1. The number of rotatable bonds is 8. The minimum absolute atomic E-state index is 0.0302. The van der Waals surface area contributed by atoms with E-state index >= 15 is 0 Å². The van der Waals surface area contributed by atoms with Crippen LogP contribution in [0.25, 0.3) is 0 Å². The Morgan fingerprint density at radius 1 is 1.13 bits per heavy atom. The lowest BCUT2D eigenvalue weighted by atomic mass is 9.86. The summed E-state index contributed by atoms with van der Waals surface area (Å²) in [5.41, 5.74) is 1.08. The van der Waals surface area contributed by atoms with Crippen molar-refractivity contribution in [3.63, 3.8) is 0 Å². The number of benzene rings is 1. The summed E-state index contributed by atoms with van der Waals surface area (Å²) in [5, 5.41) is 6.92. The first-order valence-electron chi connectivity index (χ1n) is 11.6. The summed E-state index contributed by atoms with van der Waals surface area (Å²) in [6.45, 7) is 2.92. The molecule has 0 spiro atoms. The molecule has 0 bridgehead atoms. The molecule has 0 heterocycles. The van der Waals surface area contributed by atoms with Crippen LogP contribution in [0, 0.1) is 5.92 Å². The molecule has 0 atom stereocenters. The molecule has 1 aromatic carbocycles. The number of carbonyl (C=O) groups is 1. The summed E-state index contributed by atoms with van der Waals surface area (Å²) in [7, 11) is 3.46. The molecular weight excluding hydrogens is 394 g/mol. The Kier molecular flexibility index (Phi) is 8.85. The van der Waals surface area contributed by atoms with Gasteiger partial charge in [0.2, 0.25) is 0 Å². The van der Waals surface area contributed by atoms with E-state index in [1.165, 1.54) is 12.8 Å². The lowest BCUT2D eigenvalue weighted by Crippen LogP contribution is -2.45. The highest BCUT2D eigenvalue weighted by Crippen LogP contribution is 2.30. The Labute approximate surface area is 185 Å². The number of hydrogen-bond donors (Lipinski definition) is 2. The van der Waals surface area contributed by atoms with Crippen LogP contribution in [0.4, 0.5) is 0 Å². The molecule has 7 nitrogen and oxygen atoms in total. The molecule has 31 heavy (non-hydrogen) atoms. The zero-order valence-corrected chi connectivity index (χ0v) is 19.1. The SMILES string of the molecule is CCOC(=O)C1CCC(NC(=NC)NCc2ccc(OC)cc2OC2CCCC2)CC1. The van der Waals surface area contributed by atoms with E-state index in [9.17, 15) is 4.79 Å². The molecular formula is C24H37N3O4. The van der Waals surface area contributed by atoms with Crippen LogP contribution in [-0.4, -0.2) is 44.8 Å². The Hall–Kier alpha value is -2.44. The summed E-state index contributed by atoms with van der Waals surface area (Å²) in [5.74, 6) is 2.42. The molecule has 2 aliphatic rings. The molecule has 172 valence electrons. The molecule has 1 aromatic rings. The number of esters is 1. The second-order valence-corrected chi connectivity index (χ2v) is 8.37. The van der Waals surface area contributed by atoms with Gasteiger partial charge in [-0.05, 0) is 70.4 Å². The Balaban J connectivity index is 1.53. The van der Waals surface area contributed by atoms with Crippen molar-refractivity contribution in [2.75, 3.05) is 20.8 Å². The average molecular weight is 432 g/mol. The number of nitrogens with zero attached hydrogens (tertiary/aromatic N) is 1. The van der Waals surface area contributed by atoms with Gasteiger partial charge < -0.3 is 24.8 Å².